The van der Waals surface area contributed by atoms with E-state index in [0.717, 1.165) is 25.1 Å². The van der Waals surface area contributed by atoms with Gasteiger partial charge in [0.2, 0.25) is 0 Å². The van der Waals surface area contributed by atoms with Gasteiger partial charge in [-0.15, -0.1) is 0 Å². The predicted octanol–water partition coefficient (Wildman–Crippen LogP) is 2.68. The minimum absolute atomic E-state index is 0.0787. The Bertz CT molecular complexity index is 1070. The zero-order valence-corrected chi connectivity index (χ0v) is 18.5. The van der Waals surface area contributed by atoms with E-state index in [2.05, 4.69) is 17.1 Å². The van der Waals surface area contributed by atoms with Crippen LogP contribution in [-0.2, 0) is 20.7 Å². The van der Waals surface area contributed by atoms with Crippen molar-refractivity contribution >= 4 is 28.8 Å². The van der Waals surface area contributed by atoms with Crippen LogP contribution >= 0.6 is 0 Å². The van der Waals surface area contributed by atoms with Crippen LogP contribution < -0.4 is 5.32 Å². The van der Waals surface area contributed by atoms with E-state index in [1.54, 1.807) is 0 Å². The maximum absolute atomic E-state index is 13.3. The Balaban J connectivity index is 1.62. The van der Waals surface area contributed by atoms with Crippen LogP contribution in [0.3, 0.4) is 0 Å². The second-order valence-electron chi connectivity index (χ2n) is 7.95. The number of carbonyl (C=O) groups excluding carboxylic acids is 2. The molecule has 172 valence electrons. The molecular weight excluding hydrogens is 424 g/mol. The topological polar surface area (TPSA) is 105 Å². The van der Waals surface area contributed by atoms with E-state index in [0.29, 0.717) is 31.0 Å². The van der Waals surface area contributed by atoms with Gasteiger partial charge in [0, 0.05) is 44.0 Å². The lowest BCUT2D eigenvalue weighted by atomic mass is 10.0. The molecule has 0 spiro atoms. The molecule has 1 N–H and O–H groups in total. The number of nitro benzene ring substituents is 1. The number of benzene rings is 2. The first kappa shape index (κ1) is 22.6. The summed E-state index contributed by atoms with van der Waals surface area (Å²) in [5.74, 6) is -0.809. The van der Waals surface area contributed by atoms with Crippen molar-refractivity contribution in [3.05, 3.63) is 75.5 Å². The third-order valence-corrected chi connectivity index (χ3v) is 5.91. The van der Waals surface area contributed by atoms with Crippen molar-refractivity contribution in [2.75, 3.05) is 44.7 Å². The SMILES string of the molecule is CCc1ccc(NC2=C(c3ccc([N+](=O)[O-])cc3)C(=O)N(CCN3CCOCC3)C2=O)cc1. The maximum Gasteiger partial charge on any atom is 0.278 e. The number of ether oxygens (including phenoxy) is 1. The summed E-state index contributed by atoms with van der Waals surface area (Å²) in [6, 6.07) is 13.4. The first-order valence-corrected chi connectivity index (χ1v) is 11.0. The quantitative estimate of drug-likeness (QED) is 0.374. The molecule has 0 atom stereocenters. The number of hydrogen-bond acceptors (Lipinski definition) is 7. The molecule has 0 saturated carbocycles. The number of carbonyl (C=O) groups is 2. The number of nitrogens with one attached hydrogen (secondary N) is 1. The Kier molecular flexibility index (Phi) is 6.81. The summed E-state index contributed by atoms with van der Waals surface area (Å²) in [5.41, 5.74) is 2.63. The summed E-state index contributed by atoms with van der Waals surface area (Å²) in [6.45, 7) is 5.66. The lowest BCUT2D eigenvalue weighted by Gasteiger charge is -2.28. The van der Waals surface area contributed by atoms with Gasteiger partial charge in [0.05, 0.1) is 23.7 Å². The molecule has 2 heterocycles. The molecule has 33 heavy (non-hydrogen) atoms. The summed E-state index contributed by atoms with van der Waals surface area (Å²) < 4.78 is 5.36. The van der Waals surface area contributed by atoms with Crippen LogP contribution in [0.1, 0.15) is 18.1 Å². The molecule has 0 aromatic heterocycles. The number of aryl methyl sites for hydroxylation is 1. The monoisotopic (exact) mass is 450 g/mol. The lowest BCUT2D eigenvalue weighted by molar-refractivity contribution is -0.384. The molecule has 1 fully saturated rings. The smallest absolute Gasteiger partial charge is 0.278 e. The van der Waals surface area contributed by atoms with Gasteiger partial charge in [-0.1, -0.05) is 19.1 Å². The molecule has 2 aliphatic rings. The lowest BCUT2D eigenvalue weighted by Crippen LogP contribution is -2.43. The van der Waals surface area contributed by atoms with Gasteiger partial charge in [-0.25, -0.2) is 0 Å². The van der Waals surface area contributed by atoms with Crippen LogP contribution in [0.25, 0.3) is 5.57 Å². The van der Waals surface area contributed by atoms with Crippen molar-refractivity contribution in [2.45, 2.75) is 13.3 Å². The highest BCUT2D eigenvalue weighted by Gasteiger charge is 2.39. The third kappa shape index (κ3) is 4.94. The fourth-order valence-electron chi connectivity index (χ4n) is 3.95. The highest BCUT2D eigenvalue weighted by atomic mass is 16.6. The molecular formula is C24H26N4O5. The average molecular weight is 450 g/mol. The molecule has 0 bridgehead atoms. The van der Waals surface area contributed by atoms with Crippen LogP contribution in [0, 0.1) is 10.1 Å². The number of imide groups is 1. The third-order valence-electron chi connectivity index (χ3n) is 5.91. The van der Waals surface area contributed by atoms with E-state index >= 15 is 0 Å². The molecule has 4 rings (SSSR count). The molecule has 9 nitrogen and oxygen atoms in total. The van der Waals surface area contributed by atoms with E-state index in [9.17, 15) is 19.7 Å². The first-order valence-electron chi connectivity index (χ1n) is 11.0. The van der Waals surface area contributed by atoms with Gasteiger partial charge in [0.25, 0.3) is 17.5 Å². The van der Waals surface area contributed by atoms with E-state index in [1.165, 1.54) is 29.2 Å². The predicted molar refractivity (Wildman–Crippen MR) is 123 cm³/mol. The molecule has 0 radical (unpaired) electrons. The van der Waals surface area contributed by atoms with Crippen LogP contribution in [0.5, 0.6) is 0 Å². The maximum atomic E-state index is 13.3. The van der Waals surface area contributed by atoms with Crippen LogP contribution in [0.4, 0.5) is 11.4 Å². The van der Waals surface area contributed by atoms with E-state index in [1.807, 2.05) is 24.3 Å². The van der Waals surface area contributed by atoms with Crippen LogP contribution in [0.15, 0.2) is 54.2 Å². The number of nitro groups is 1. The zero-order valence-electron chi connectivity index (χ0n) is 18.5. The summed E-state index contributed by atoms with van der Waals surface area (Å²) in [6.07, 6.45) is 0.893. The Labute approximate surface area is 191 Å². The molecule has 0 unspecified atom stereocenters. The normalized spacial score (nSPS) is 17.1. The highest BCUT2D eigenvalue weighted by molar-refractivity contribution is 6.36. The average Bonchev–Trinajstić information content (AvgIpc) is 3.07. The summed E-state index contributed by atoms with van der Waals surface area (Å²) in [7, 11) is 0. The number of non-ortho nitro benzene ring substituents is 1. The second-order valence-corrected chi connectivity index (χ2v) is 7.95. The summed E-state index contributed by atoms with van der Waals surface area (Å²) in [4.78, 5) is 40.6. The fraction of sp³-hybridized carbons (Fsp3) is 0.333. The number of anilines is 1. The number of rotatable bonds is 8. The van der Waals surface area contributed by atoms with Gasteiger partial charge < -0.3 is 10.1 Å². The summed E-state index contributed by atoms with van der Waals surface area (Å²) in [5, 5.41) is 14.2. The first-order chi connectivity index (χ1) is 16.0. The molecule has 2 aromatic rings. The van der Waals surface area contributed by atoms with Crippen molar-refractivity contribution in [3.63, 3.8) is 0 Å². The molecule has 2 amide bonds. The minimum Gasteiger partial charge on any atom is -0.379 e. The van der Waals surface area contributed by atoms with Gasteiger partial charge in [-0.05, 0) is 41.8 Å². The minimum atomic E-state index is -0.497. The second kappa shape index (κ2) is 9.93. The van der Waals surface area contributed by atoms with Crippen molar-refractivity contribution in [3.8, 4) is 0 Å². The Morgan fingerprint density at radius 2 is 1.64 bits per heavy atom. The summed E-state index contributed by atoms with van der Waals surface area (Å²) >= 11 is 0. The fourth-order valence-corrected chi connectivity index (χ4v) is 3.95. The van der Waals surface area contributed by atoms with Crippen molar-refractivity contribution < 1.29 is 19.2 Å². The molecule has 1 saturated heterocycles. The van der Waals surface area contributed by atoms with Crippen molar-refractivity contribution in [1.29, 1.82) is 0 Å². The van der Waals surface area contributed by atoms with Gasteiger partial charge in [0.1, 0.15) is 5.70 Å². The van der Waals surface area contributed by atoms with Crippen molar-refractivity contribution in [1.82, 2.24) is 9.80 Å². The largest absolute Gasteiger partial charge is 0.379 e. The number of nitrogens with zero attached hydrogens (tertiary/aromatic N) is 3. The van der Waals surface area contributed by atoms with Crippen LogP contribution in [-0.4, -0.2) is 65.9 Å². The van der Waals surface area contributed by atoms with Gasteiger partial charge in [-0.3, -0.25) is 29.5 Å². The number of morpholine rings is 1. The number of hydrogen-bond donors (Lipinski definition) is 1. The van der Waals surface area contributed by atoms with Gasteiger partial charge in [-0.2, -0.15) is 0 Å². The molecule has 9 heteroatoms. The van der Waals surface area contributed by atoms with E-state index in [-0.39, 0.29) is 23.5 Å². The van der Waals surface area contributed by atoms with E-state index < -0.39 is 16.7 Å². The molecule has 2 aromatic carbocycles. The number of amides is 2. The Morgan fingerprint density at radius 1 is 0.970 bits per heavy atom. The molecule has 2 aliphatic heterocycles. The van der Waals surface area contributed by atoms with Gasteiger partial charge >= 0.3 is 0 Å². The highest BCUT2D eigenvalue weighted by Crippen LogP contribution is 2.31. The van der Waals surface area contributed by atoms with Crippen molar-refractivity contribution in [2.24, 2.45) is 0 Å². The van der Waals surface area contributed by atoms with Gasteiger partial charge in [0.15, 0.2) is 0 Å². The zero-order chi connectivity index (χ0) is 23.4. The molecule has 0 aliphatic carbocycles. The van der Waals surface area contributed by atoms with Crippen LogP contribution in [0.2, 0.25) is 0 Å². The van der Waals surface area contributed by atoms with E-state index in [4.69, 9.17) is 4.74 Å². The Morgan fingerprint density at radius 3 is 2.24 bits per heavy atom. The Hall–Kier alpha value is -3.56. The standard InChI is InChI=1S/C24H26N4O5/c1-2-17-3-7-19(8-4-17)25-22-21(18-5-9-20(10-6-18)28(31)32)23(29)27(24(22)30)12-11-26-13-15-33-16-14-26/h3-10,25H,2,11-16H2,1H3.